The molecule has 4 nitrogen and oxygen atoms in total. The largest absolute Gasteiger partial charge is 0.284 e. The van der Waals surface area contributed by atoms with Gasteiger partial charge < -0.3 is 0 Å². The van der Waals surface area contributed by atoms with Crippen molar-refractivity contribution in [2.45, 2.75) is 31.7 Å². The number of rotatable bonds is 7. The molecule has 0 unspecified atom stereocenters. The van der Waals surface area contributed by atoms with E-state index in [1.54, 1.807) is 40.4 Å². The van der Waals surface area contributed by atoms with Crippen molar-refractivity contribution in [2.75, 3.05) is 10.7 Å². The summed E-state index contributed by atoms with van der Waals surface area (Å²) in [5.41, 5.74) is 4.35. The number of amides is 1. The number of nitrogens with zero attached hydrogens (tertiary/aromatic N) is 3. The smallest absolute Gasteiger partial charge is 0.229 e. The number of aryl methyl sites for hydroxylation is 2. The number of aromatic nitrogens is 2. The van der Waals surface area contributed by atoms with Crippen LogP contribution in [0.25, 0.3) is 10.2 Å². The van der Waals surface area contributed by atoms with Gasteiger partial charge in [0, 0.05) is 29.5 Å². The lowest BCUT2D eigenvalue weighted by atomic mass is 10.2. The highest BCUT2D eigenvalue weighted by Gasteiger charge is 2.20. The SMILES string of the molecule is Cc1ccc(SCCC(=O)N(Cc2cccnc2)c2nc3ccc(C)cc3s2)cc1. The van der Waals surface area contributed by atoms with Crippen molar-refractivity contribution < 1.29 is 4.79 Å². The van der Waals surface area contributed by atoms with Gasteiger partial charge in [0.25, 0.3) is 0 Å². The summed E-state index contributed by atoms with van der Waals surface area (Å²) in [5, 5.41) is 0.741. The third-order valence-corrected chi connectivity index (χ3v) is 6.79. The maximum absolute atomic E-state index is 13.2. The minimum absolute atomic E-state index is 0.0780. The maximum Gasteiger partial charge on any atom is 0.229 e. The minimum atomic E-state index is 0.0780. The molecule has 0 bridgehead atoms. The molecule has 0 radical (unpaired) electrons. The number of thiazole rings is 1. The Morgan fingerprint density at radius 3 is 2.63 bits per heavy atom. The predicted octanol–water partition coefficient (Wildman–Crippen LogP) is 6.02. The second-order valence-corrected chi connectivity index (χ2v) is 9.40. The van der Waals surface area contributed by atoms with E-state index in [0.717, 1.165) is 26.7 Å². The average Bonchev–Trinajstić information content (AvgIpc) is 3.17. The van der Waals surface area contributed by atoms with E-state index in [4.69, 9.17) is 4.98 Å². The molecule has 0 saturated heterocycles. The van der Waals surface area contributed by atoms with Crippen molar-refractivity contribution in [3.63, 3.8) is 0 Å². The van der Waals surface area contributed by atoms with Crippen LogP contribution in [0.5, 0.6) is 0 Å². The summed E-state index contributed by atoms with van der Waals surface area (Å²) in [6.07, 6.45) is 4.00. The van der Waals surface area contributed by atoms with E-state index in [1.165, 1.54) is 16.0 Å². The third-order valence-electron chi connectivity index (χ3n) is 4.73. The molecule has 0 spiro atoms. The number of hydrogen-bond donors (Lipinski definition) is 0. The molecule has 30 heavy (non-hydrogen) atoms. The van der Waals surface area contributed by atoms with Gasteiger partial charge in [-0.05, 0) is 55.3 Å². The second kappa shape index (κ2) is 9.41. The number of anilines is 1. The molecular weight excluding hydrogens is 410 g/mol. The molecule has 6 heteroatoms. The van der Waals surface area contributed by atoms with Gasteiger partial charge >= 0.3 is 0 Å². The van der Waals surface area contributed by atoms with Gasteiger partial charge in [0.1, 0.15) is 0 Å². The number of carbonyl (C=O) groups excluding carboxylic acids is 1. The molecular formula is C24H23N3OS2. The molecule has 4 aromatic rings. The standard InChI is InChI=1S/C24H23N3OS2/c1-17-5-8-20(9-6-17)29-13-11-23(28)27(16-19-4-3-12-25-15-19)24-26-21-10-7-18(2)14-22(21)30-24/h3-10,12,14-15H,11,13,16H2,1-2H3. The van der Waals surface area contributed by atoms with E-state index in [9.17, 15) is 4.79 Å². The fraction of sp³-hybridized carbons (Fsp3) is 0.208. The Hall–Kier alpha value is -2.70. The fourth-order valence-electron chi connectivity index (χ4n) is 3.10. The molecule has 0 aliphatic carbocycles. The van der Waals surface area contributed by atoms with E-state index >= 15 is 0 Å². The highest BCUT2D eigenvalue weighted by Crippen LogP contribution is 2.31. The van der Waals surface area contributed by atoms with Crippen LogP contribution in [-0.2, 0) is 11.3 Å². The first-order chi connectivity index (χ1) is 14.6. The molecule has 0 fully saturated rings. The number of thioether (sulfide) groups is 1. The minimum Gasteiger partial charge on any atom is -0.284 e. The number of benzene rings is 2. The van der Waals surface area contributed by atoms with Crippen LogP contribution in [0.15, 0.2) is 71.9 Å². The van der Waals surface area contributed by atoms with E-state index < -0.39 is 0 Å². The first-order valence-corrected chi connectivity index (χ1v) is 11.6. The average molecular weight is 434 g/mol. The lowest BCUT2D eigenvalue weighted by molar-refractivity contribution is -0.118. The van der Waals surface area contributed by atoms with Crippen LogP contribution in [-0.4, -0.2) is 21.6 Å². The predicted molar refractivity (Wildman–Crippen MR) is 126 cm³/mol. The van der Waals surface area contributed by atoms with Gasteiger partial charge in [0.15, 0.2) is 5.13 Å². The molecule has 152 valence electrons. The summed E-state index contributed by atoms with van der Waals surface area (Å²) >= 11 is 3.27. The van der Waals surface area contributed by atoms with E-state index in [2.05, 4.69) is 55.2 Å². The van der Waals surface area contributed by atoms with Crippen LogP contribution in [0.3, 0.4) is 0 Å². The molecule has 2 aromatic heterocycles. The third kappa shape index (κ3) is 5.07. The molecule has 0 saturated carbocycles. The van der Waals surface area contributed by atoms with Gasteiger partial charge in [-0.2, -0.15) is 0 Å². The first kappa shape index (κ1) is 20.6. The Balaban J connectivity index is 1.52. The van der Waals surface area contributed by atoms with Gasteiger partial charge in [-0.1, -0.05) is 41.2 Å². The topological polar surface area (TPSA) is 46.1 Å². The summed E-state index contributed by atoms with van der Waals surface area (Å²) in [4.78, 5) is 25.1. The highest BCUT2D eigenvalue weighted by atomic mass is 32.2. The summed E-state index contributed by atoms with van der Waals surface area (Å²) in [6.45, 7) is 4.62. The van der Waals surface area contributed by atoms with E-state index in [0.29, 0.717) is 13.0 Å². The molecule has 0 atom stereocenters. The fourth-order valence-corrected chi connectivity index (χ4v) is 5.02. The van der Waals surface area contributed by atoms with Crippen LogP contribution in [0.1, 0.15) is 23.1 Å². The van der Waals surface area contributed by atoms with Crippen LogP contribution in [0.2, 0.25) is 0 Å². The summed E-state index contributed by atoms with van der Waals surface area (Å²) in [5.74, 6) is 0.810. The molecule has 0 aliphatic rings. The number of carbonyl (C=O) groups is 1. The monoisotopic (exact) mass is 433 g/mol. The lowest BCUT2D eigenvalue weighted by Gasteiger charge is -2.20. The highest BCUT2D eigenvalue weighted by molar-refractivity contribution is 7.99. The van der Waals surface area contributed by atoms with Gasteiger partial charge in [0.2, 0.25) is 5.91 Å². The van der Waals surface area contributed by atoms with Crippen LogP contribution >= 0.6 is 23.1 Å². The lowest BCUT2D eigenvalue weighted by Crippen LogP contribution is -2.30. The Kier molecular flexibility index (Phi) is 6.45. The quantitative estimate of drug-likeness (QED) is 0.334. The van der Waals surface area contributed by atoms with Crippen molar-refractivity contribution in [2.24, 2.45) is 0 Å². The van der Waals surface area contributed by atoms with Crippen molar-refractivity contribution in [3.05, 3.63) is 83.7 Å². The van der Waals surface area contributed by atoms with Crippen molar-refractivity contribution >= 4 is 44.4 Å². The Labute approximate surface area is 185 Å². The Morgan fingerprint density at radius 2 is 1.87 bits per heavy atom. The van der Waals surface area contributed by atoms with Crippen LogP contribution < -0.4 is 4.90 Å². The molecule has 4 rings (SSSR count). The van der Waals surface area contributed by atoms with Gasteiger partial charge in [-0.3, -0.25) is 14.7 Å². The summed E-state index contributed by atoms with van der Waals surface area (Å²) < 4.78 is 1.10. The first-order valence-electron chi connectivity index (χ1n) is 9.84. The van der Waals surface area contributed by atoms with Crippen LogP contribution in [0.4, 0.5) is 5.13 Å². The zero-order chi connectivity index (χ0) is 20.9. The molecule has 2 aromatic carbocycles. The van der Waals surface area contributed by atoms with E-state index in [-0.39, 0.29) is 5.91 Å². The second-order valence-electron chi connectivity index (χ2n) is 7.22. The molecule has 0 aliphatic heterocycles. The Morgan fingerprint density at radius 1 is 1.07 bits per heavy atom. The summed E-state index contributed by atoms with van der Waals surface area (Å²) in [6, 6.07) is 18.5. The molecule has 2 heterocycles. The maximum atomic E-state index is 13.2. The number of fused-ring (bicyclic) bond motifs is 1. The van der Waals surface area contributed by atoms with Crippen LogP contribution in [0, 0.1) is 13.8 Å². The Bertz CT molecular complexity index is 1140. The van der Waals surface area contributed by atoms with Crippen molar-refractivity contribution in [1.82, 2.24) is 9.97 Å². The van der Waals surface area contributed by atoms with Gasteiger partial charge in [-0.25, -0.2) is 4.98 Å². The molecule has 1 amide bonds. The molecule has 0 N–H and O–H groups in total. The normalized spacial score (nSPS) is 11.0. The van der Waals surface area contributed by atoms with Crippen molar-refractivity contribution in [3.8, 4) is 0 Å². The van der Waals surface area contributed by atoms with Gasteiger partial charge in [0.05, 0.1) is 16.8 Å². The summed E-state index contributed by atoms with van der Waals surface area (Å²) in [7, 11) is 0. The number of hydrogen-bond acceptors (Lipinski definition) is 5. The van der Waals surface area contributed by atoms with Gasteiger partial charge in [-0.15, -0.1) is 11.8 Å². The zero-order valence-corrected chi connectivity index (χ0v) is 18.7. The van der Waals surface area contributed by atoms with E-state index in [1.807, 2.05) is 18.2 Å². The zero-order valence-electron chi connectivity index (χ0n) is 17.0. The number of pyridine rings is 1. The van der Waals surface area contributed by atoms with Crippen molar-refractivity contribution in [1.29, 1.82) is 0 Å².